The van der Waals surface area contributed by atoms with E-state index in [0.717, 1.165) is 16.3 Å². The smallest absolute Gasteiger partial charge is 0.408 e. The molecule has 0 aliphatic carbocycles. The lowest BCUT2D eigenvalue weighted by molar-refractivity contribution is -0.158. The van der Waals surface area contributed by atoms with Gasteiger partial charge in [-0.15, -0.1) is 0 Å². The predicted molar refractivity (Wildman–Crippen MR) is 171 cm³/mol. The van der Waals surface area contributed by atoms with Crippen LogP contribution in [0, 0.1) is 11.7 Å². The van der Waals surface area contributed by atoms with Crippen molar-refractivity contribution < 1.29 is 28.3 Å². The molecule has 3 atom stereocenters. The van der Waals surface area contributed by atoms with Gasteiger partial charge in [0.05, 0.1) is 0 Å². The highest BCUT2D eigenvalue weighted by Gasteiger charge is 2.45. The molecule has 2 N–H and O–H groups in total. The molecule has 1 aliphatic heterocycles. The average Bonchev–Trinajstić information content (AvgIpc) is 2.98. The summed E-state index contributed by atoms with van der Waals surface area (Å²) in [6, 6.07) is 16.9. The van der Waals surface area contributed by atoms with E-state index in [9.17, 15) is 23.6 Å². The predicted octanol–water partition coefficient (Wildman–Crippen LogP) is 4.47. The van der Waals surface area contributed by atoms with E-state index < -0.39 is 41.5 Å². The Kier molecular flexibility index (Phi) is 10.5. The number of alkyl carbamates (subject to hydrolysis) is 1. The van der Waals surface area contributed by atoms with Gasteiger partial charge in [0.2, 0.25) is 17.7 Å². The van der Waals surface area contributed by atoms with Gasteiger partial charge in [0.1, 0.15) is 29.5 Å². The maximum atomic E-state index is 14.2. The zero-order valence-electron chi connectivity index (χ0n) is 26.8. The summed E-state index contributed by atoms with van der Waals surface area (Å²) in [5.41, 5.74) is 0.748. The molecule has 3 aromatic rings. The molecule has 45 heavy (non-hydrogen) atoms. The standard InChI is InChI=1S/C35H43FN4O5/c1-22(2)30-33(43)39(29(31(41)37-6)21-24-11-14-25-9-7-8-10-26(25)19-24)17-18-40(30)32(42)28(38-34(44)45-35(3,4)5)20-23-12-15-27(36)16-13-23/h7-16,19,22,28-30H,17-18,20-21H2,1-6H3,(H,37,41)(H,38,44)/t28-,29+,30+/m1/s1. The molecule has 0 saturated carbocycles. The fourth-order valence-corrected chi connectivity index (χ4v) is 5.78. The quantitative estimate of drug-likeness (QED) is 0.368. The number of ether oxygens (including phenoxy) is 1. The number of rotatable bonds is 9. The van der Waals surface area contributed by atoms with E-state index in [1.54, 1.807) is 44.9 Å². The van der Waals surface area contributed by atoms with Crippen LogP contribution in [0.15, 0.2) is 66.7 Å². The summed E-state index contributed by atoms with van der Waals surface area (Å²) >= 11 is 0. The molecule has 9 nitrogen and oxygen atoms in total. The Labute approximate surface area is 264 Å². The number of hydrogen-bond donors (Lipinski definition) is 2. The van der Waals surface area contributed by atoms with Gasteiger partial charge in [0.25, 0.3) is 0 Å². The zero-order chi connectivity index (χ0) is 32.9. The van der Waals surface area contributed by atoms with Crippen LogP contribution in [0.4, 0.5) is 9.18 Å². The van der Waals surface area contributed by atoms with Gasteiger partial charge in [0, 0.05) is 33.0 Å². The second-order valence-corrected chi connectivity index (χ2v) is 12.8. The summed E-state index contributed by atoms with van der Waals surface area (Å²) < 4.78 is 19.0. The fourth-order valence-electron chi connectivity index (χ4n) is 5.78. The van der Waals surface area contributed by atoms with Crippen molar-refractivity contribution in [1.29, 1.82) is 0 Å². The largest absolute Gasteiger partial charge is 0.444 e. The van der Waals surface area contributed by atoms with Crippen LogP contribution in [0.2, 0.25) is 0 Å². The summed E-state index contributed by atoms with van der Waals surface area (Å²) in [6.07, 6.45) is -0.396. The van der Waals surface area contributed by atoms with Crippen LogP contribution in [0.5, 0.6) is 0 Å². The molecule has 1 fully saturated rings. The van der Waals surface area contributed by atoms with Crippen molar-refractivity contribution in [2.24, 2.45) is 5.92 Å². The van der Waals surface area contributed by atoms with Crippen LogP contribution >= 0.6 is 0 Å². The molecular weight excluding hydrogens is 575 g/mol. The van der Waals surface area contributed by atoms with Crippen LogP contribution < -0.4 is 10.6 Å². The number of amides is 4. The van der Waals surface area contributed by atoms with Crippen LogP contribution in [0.1, 0.15) is 45.7 Å². The number of piperazine rings is 1. The van der Waals surface area contributed by atoms with E-state index in [4.69, 9.17) is 4.74 Å². The molecule has 4 rings (SSSR count). The van der Waals surface area contributed by atoms with Crippen molar-refractivity contribution in [2.45, 2.75) is 71.2 Å². The Morgan fingerprint density at radius 2 is 1.58 bits per heavy atom. The van der Waals surface area contributed by atoms with Crippen LogP contribution in [-0.4, -0.2) is 77.5 Å². The normalized spacial score (nSPS) is 16.8. The highest BCUT2D eigenvalue weighted by molar-refractivity contribution is 5.95. The molecule has 240 valence electrons. The second kappa shape index (κ2) is 14.1. The molecular formula is C35H43FN4O5. The SMILES string of the molecule is CNC(=O)[C@H](Cc1ccc2ccccc2c1)N1CCN(C(=O)[C@@H](Cc2ccc(F)cc2)NC(=O)OC(C)(C)C)[C@@H](C(C)C)C1=O. The van der Waals surface area contributed by atoms with Crippen molar-refractivity contribution in [2.75, 3.05) is 20.1 Å². The molecule has 0 aromatic heterocycles. The Balaban J connectivity index is 1.60. The highest BCUT2D eigenvalue weighted by atomic mass is 19.1. The number of nitrogens with zero attached hydrogens (tertiary/aromatic N) is 2. The number of fused-ring (bicyclic) bond motifs is 1. The van der Waals surface area contributed by atoms with Gasteiger partial charge in [-0.2, -0.15) is 0 Å². The van der Waals surface area contributed by atoms with Gasteiger partial charge in [0.15, 0.2) is 0 Å². The van der Waals surface area contributed by atoms with Crippen LogP contribution in [0.3, 0.4) is 0 Å². The van der Waals surface area contributed by atoms with Gasteiger partial charge >= 0.3 is 6.09 Å². The van der Waals surface area contributed by atoms with Gasteiger partial charge in [-0.25, -0.2) is 9.18 Å². The van der Waals surface area contributed by atoms with Crippen LogP contribution in [0.25, 0.3) is 10.8 Å². The monoisotopic (exact) mass is 618 g/mol. The summed E-state index contributed by atoms with van der Waals surface area (Å²) in [4.78, 5) is 57.4. The maximum absolute atomic E-state index is 14.2. The lowest BCUT2D eigenvalue weighted by Crippen LogP contribution is -2.67. The van der Waals surface area contributed by atoms with Gasteiger partial charge in [-0.3, -0.25) is 14.4 Å². The molecule has 1 saturated heterocycles. The molecule has 0 spiro atoms. The van der Waals surface area contributed by atoms with Crippen molar-refractivity contribution in [3.05, 3.63) is 83.7 Å². The topological polar surface area (TPSA) is 108 Å². The zero-order valence-corrected chi connectivity index (χ0v) is 26.8. The Morgan fingerprint density at radius 3 is 2.20 bits per heavy atom. The number of benzene rings is 3. The van der Waals surface area contributed by atoms with Crippen molar-refractivity contribution in [3.8, 4) is 0 Å². The molecule has 4 amide bonds. The number of hydrogen-bond acceptors (Lipinski definition) is 5. The molecule has 1 aliphatic rings. The number of carbonyl (C=O) groups excluding carboxylic acids is 4. The van der Waals surface area contributed by atoms with E-state index >= 15 is 0 Å². The van der Waals surface area contributed by atoms with Crippen LogP contribution in [-0.2, 0) is 32.0 Å². The van der Waals surface area contributed by atoms with E-state index in [2.05, 4.69) is 10.6 Å². The second-order valence-electron chi connectivity index (χ2n) is 12.8. The number of nitrogens with one attached hydrogen (secondary N) is 2. The first-order chi connectivity index (χ1) is 21.3. The van der Waals surface area contributed by atoms with E-state index in [1.165, 1.54) is 17.0 Å². The summed E-state index contributed by atoms with van der Waals surface area (Å²) in [6.45, 7) is 9.15. The molecule has 3 aromatic carbocycles. The molecule has 1 heterocycles. The fraction of sp³-hybridized carbons (Fsp3) is 0.429. The minimum atomic E-state index is -1.07. The Hall–Kier alpha value is -4.47. The minimum Gasteiger partial charge on any atom is -0.444 e. The minimum absolute atomic E-state index is 0.0698. The highest BCUT2D eigenvalue weighted by Crippen LogP contribution is 2.25. The first kappa shape index (κ1) is 33.4. The first-order valence-electron chi connectivity index (χ1n) is 15.3. The lowest BCUT2D eigenvalue weighted by atomic mass is 9.93. The Morgan fingerprint density at radius 1 is 0.933 bits per heavy atom. The first-order valence-corrected chi connectivity index (χ1v) is 15.3. The van der Waals surface area contributed by atoms with Crippen molar-refractivity contribution in [3.63, 3.8) is 0 Å². The number of halogens is 1. The van der Waals surface area contributed by atoms with Gasteiger partial charge in [-0.1, -0.05) is 68.4 Å². The summed E-state index contributed by atoms with van der Waals surface area (Å²) in [5.74, 6) is -1.79. The maximum Gasteiger partial charge on any atom is 0.408 e. The molecule has 0 bridgehead atoms. The molecule has 0 radical (unpaired) electrons. The number of carbonyl (C=O) groups is 4. The molecule has 10 heteroatoms. The summed E-state index contributed by atoms with van der Waals surface area (Å²) in [5, 5.41) is 7.51. The van der Waals surface area contributed by atoms with Crippen molar-refractivity contribution >= 4 is 34.6 Å². The van der Waals surface area contributed by atoms with E-state index in [1.807, 2.05) is 56.3 Å². The Bertz CT molecular complexity index is 1540. The van der Waals surface area contributed by atoms with Gasteiger partial charge < -0.3 is 25.2 Å². The summed E-state index contributed by atoms with van der Waals surface area (Å²) in [7, 11) is 1.54. The number of likely N-dealkylation sites (N-methyl/N-ethyl adjacent to an activating group) is 1. The third kappa shape index (κ3) is 8.38. The van der Waals surface area contributed by atoms with E-state index in [-0.39, 0.29) is 37.2 Å². The third-order valence-electron chi connectivity index (χ3n) is 7.88. The average molecular weight is 619 g/mol. The molecule has 0 unspecified atom stereocenters. The van der Waals surface area contributed by atoms with E-state index in [0.29, 0.717) is 12.0 Å². The third-order valence-corrected chi connectivity index (χ3v) is 7.88. The lowest BCUT2D eigenvalue weighted by Gasteiger charge is -2.45. The van der Waals surface area contributed by atoms with Crippen molar-refractivity contribution in [1.82, 2.24) is 20.4 Å². The van der Waals surface area contributed by atoms with Gasteiger partial charge in [-0.05, 0) is 60.7 Å².